The smallest absolute Gasteiger partial charge is 0.255 e. The van der Waals surface area contributed by atoms with Crippen molar-refractivity contribution in [2.45, 2.75) is 25.4 Å². The van der Waals surface area contributed by atoms with Crippen molar-refractivity contribution in [1.29, 1.82) is 0 Å². The van der Waals surface area contributed by atoms with Crippen LogP contribution < -0.4 is 0 Å². The molecule has 2 aliphatic rings. The Kier molecular flexibility index (Phi) is 5.23. The zero-order valence-corrected chi connectivity index (χ0v) is 17.4. The monoisotopic (exact) mass is 404 g/mol. The van der Waals surface area contributed by atoms with Gasteiger partial charge in [0.25, 0.3) is 5.91 Å². The Morgan fingerprint density at radius 3 is 2.60 bits per heavy atom. The molecule has 1 aromatic carbocycles. The number of benzene rings is 1. The third-order valence-corrected chi connectivity index (χ3v) is 6.35. The summed E-state index contributed by atoms with van der Waals surface area (Å²) in [6.07, 6.45) is 4.11. The highest BCUT2D eigenvalue weighted by atomic mass is 16.2. The van der Waals surface area contributed by atoms with Crippen LogP contribution >= 0.6 is 0 Å². The van der Waals surface area contributed by atoms with Crippen LogP contribution in [0.4, 0.5) is 0 Å². The number of pyridine rings is 1. The average molecular weight is 405 g/mol. The summed E-state index contributed by atoms with van der Waals surface area (Å²) in [4.78, 5) is 19.6. The second-order valence-corrected chi connectivity index (χ2v) is 8.42. The lowest BCUT2D eigenvalue weighted by Gasteiger charge is -2.38. The van der Waals surface area contributed by atoms with E-state index in [-0.39, 0.29) is 11.9 Å². The molecule has 2 fully saturated rings. The summed E-state index contributed by atoms with van der Waals surface area (Å²) in [6.45, 7) is 5.52. The Balaban J connectivity index is 1.41. The molecule has 2 aliphatic heterocycles. The molecule has 2 saturated heterocycles. The van der Waals surface area contributed by atoms with Gasteiger partial charge in [-0.1, -0.05) is 30.3 Å². The average Bonchev–Trinajstić information content (AvgIpc) is 3.45. The van der Waals surface area contributed by atoms with Crippen molar-refractivity contribution in [3.05, 3.63) is 65.6 Å². The van der Waals surface area contributed by atoms with Gasteiger partial charge in [-0.05, 0) is 37.6 Å². The summed E-state index contributed by atoms with van der Waals surface area (Å²) in [7, 11) is 2.14. The fourth-order valence-electron chi connectivity index (χ4n) is 4.56. The van der Waals surface area contributed by atoms with Crippen molar-refractivity contribution >= 4 is 11.6 Å². The fraction of sp³-hybridized carbons (Fsp3) is 0.435. The molecule has 7 nitrogen and oxygen atoms in total. The van der Waals surface area contributed by atoms with Crippen LogP contribution in [0.15, 0.2) is 48.7 Å². The highest BCUT2D eigenvalue weighted by Crippen LogP contribution is 2.25. The molecule has 0 radical (unpaired) electrons. The van der Waals surface area contributed by atoms with Crippen molar-refractivity contribution < 1.29 is 4.79 Å². The number of amides is 1. The Hall–Kier alpha value is -2.77. The molecule has 1 amide bonds. The van der Waals surface area contributed by atoms with Gasteiger partial charge in [0, 0.05) is 45.5 Å². The number of likely N-dealkylation sites (tertiary alicyclic amines) is 1. The topological polar surface area (TPSA) is 57.0 Å². The second kappa shape index (κ2) is 8.16. The van der Waals surface area contributed by atoms with Crippen LogP contribution in [0.25, 0.3) is 5.65 Å². The van der Waals surface area contributed by atoms with Crippen molar-refractivity contribution in [3.63, 3.8) is 0 Å². The largest absolute Gasteiger partial charge is 0.339 e. The van der Waals surface area contributed by atoms with E-state index < -0.39 is 0 Å². The number of carbonyl (C=O) groups excluding carboxylic acids is 1. The number of fused-ring (bicyclic) bond motifs is 1. The maximum absolute atomic E-state index is 12.9. The van der Waals surface area contributed by atoms with Crippen LogP contribution in [0.5, 0.6) is 0 Å². The highest BCUT2D eigenvalue weighted by molar-refractivity contribution is 5.94. The zero-order valence-electron chi connectivity index (χ0n) is 17.4. The minimum absolute atomic E-state index is 0.108. The second-order valence-electron chi connectivity index (χ2n) is 8.42. The number of likely N-dealkylation sites (N-methyl/N-ethyl adjacent to an activating group) is 1. The first-order valence-corrected chi connectivity index (χ1v) is 10.8. The van der Waals surface area contributed by atoms with E-state index in [4.69, 9.17) is 0 Å². The highest BCUT2D eigenvalue weighted by Gasteiger charge is 2.30. The van der Waals surface area contributed by atoms with Gasteiger partial charge in [0.15, 0.2) is 11.5 Å². The van der Waals surface area contributed by atoms with Gasteiger partial charge < -0.3 is 4.90 Å². The number of hydrogen-bond acceptors (Lipinski definition) is 5. The number of aromatic nitrogens is 3. The van der Waals surface area contributed by atoms with Crippen LogP contribution in [0.2, 0.25) is 0 Å². The van der Waals surface area contributed by atoms with Crippen molar-refractivity contribution in [1.82, 2.24) is 29.3 Å². The summed E-state index contributed by atoms with van der Waals surface area (Å²) in [5.74, 6) is 1.01. The van der Waals surface area contributed by atoms with E-state index in [1.54, 1.807) is 0 Å². The molecule has 0 N–H and O–H groups in total. The van der Waals surface area contributed by atoms with Gasteiger partial charge >= 0.3 is 0 Å². The van der Waals surface area contributed by atoms with Crippen LogP contribution in [0.3, 0.4) is 0 Å². The zero-order chi connectivity index (χ0) is 20.5. The quantitative estimate of drug-likeness (QED) is 0.669. The minimum atomic E-state index is 0.108. The molecular formula is C23H28N6O. The molecule has 0 saturated carbocycles. The number of rotatable bonds is 4. The van der Waals surface area contributed by atoms with E-state index in [2.05, 4.69) is 57.4 Å². The summed E-state index contributed by atoms with van der Waals surface area (Å²) in [5.41, 5.74) is 2.83. The fourth-order valence-corrected chi connectivity index (χ4v) is 4.56. The predicted molar refractivity (Wildman–Crippen MR) is 115 cm³/mol. The van der Waals surface area contributed by atoms with Crippen LogP contribution in [-0.4, -0.2) is 75.0 Å². The van der Waals surface area contributed by atoms with Crippen molar-refractivity contribution in [2.75, 3.05) is 39.8 Å². The Bertz CT molecular complexity index is 1030. The van der Waals surface area contributed by atoms with Gasteiger partial charge in [-0.2, -0.15) is 0 Å². The standard InChI is InChI=1S/C23H28N6O/c1-26-13-14-27(15-18-7-3-2-4-8-18)17-20(26)22-25-24-21-10-9-19(16-29(21)22)23(30)28-11-5-6-12-28/h2-4,7-10,16,20H,5-6,11-15,17H2,1H3/t20-/m0/s1. The van der Waals surface area contributed by atoms with Crippen molar-refractivity contribution in [2.24, 2.45) is 0 Å². The van der Waals surface area contributed by atoms with Crippen molar-refractivity contribution in [3.8, 4) is 0 Å². The van der Waals surface area contributed by atoms with Gasteiger partial charge in [0.2, 0.25) is 0 Å². The first kappa shape index (κ1) is 19.2. The molecule has 0 unspecified atom stereocenters. The maximum Gasteiger partial charge on any atom is 0.255 e. The molecular weight excluding hydrogens is 376 g/mol. The molecule has 4 heterocycles. The van der Waals surface area contributed by atoms with Gasteiger partial charge in [0.1, 0.15) is 0 Å². The molecule has 7 heteroatoms. The third kappa shape index (κ3) is 3.70. The van der Waals surface area contributed by atoms with Crippen LogP contribution in [0, 0.1) is 0 Å². The normalized spacial score (nSPS) is 20.8. The Morgan fingerprint density at radius 2 is 1.80 bits per heavy atom. The third-order valence-electron chi connectivity index (χ3n) is 6.35. The van der Waals surface area contributed by atoms with E-state index in [9.17, 15) is 4.79 Å². The number of nitrogens with zero attached hydrogens (tertiary/aromatic N) is 6. The van der Waals surface area contributed by atoms with E-state index in [1.807, 2.05) is 27.6 Å². The van der Waals surface area contributed by atoms with Gasteiger partial charge in [-0.3, -0.25) is 19.0 Å². The van der Waals surface area contributed by atoms with Crippen LogP contribution in [0.1, 0.15) is 40.6 Å². The maximum atomic E-state index is 12.9. The molecule has 30 heavy (non-hydrogen) atoms. The lowest BCUT2D eigenvalue weighted by Crippen LogP contribution is -2.46. The molecule has 2 aromatic heterocycles. The Morgan fingerprint density at radius 1 is 1.00 bits per heavy atom. The van der Waals surface area contributed by atoms with E-state index in [1.165, 1.54) is 5.56 Å². The predicted octanol–water partition coefficient (Wildman–Crippen LogP) is 2.45. The molecule has 5 rings (SSSR count). The number of piperazine rings is 1. The van der Waals surface area contributed by atoms with Gasteiger partial charge in [-0.25, -0.2) is 0 Å². The SMILES string of the molecule is CN1CCN(Cc2ccccc2)C[C@H]1c1nnc2ccc(C(=O)N3CCCC3)cn12. The molecule has 156 valence electrons. The number of hydrogen-bond donors (Lipinski definition) is 0. The van der Waals surface area contributed by atoms with E-state index in [0.29, 0.717) is 5.56 Å². The van der Waals surface area contributed by atoms with Gasteiger partial charge in [0.05, 0.1) is 11.6 Å². The molecule has 3 aromatic rings. The summed E-state index contributed by atoms with van der Waals surface area (Å²) in [6, 6.07) is 14.5. The first-order chi connectivity index (χ1) is 14.7. The minimum Gasteiger partial charge on any atom is -0.339 e. The van der Waals surface area contributed by atoms with E-state index >= 15 is 0 Å². The lowest BCUT2D eigenvalue weighted by atomic mass is 10.1. The van der Waals surface area contributed by atoms with Gasteiger partial charge in [-0.15, -0.1) is 10.2 Å². The summed E-state index contributed by atoms with van der Waals surface area (Å²) < 4.78 is 2.01. The lowest BCUT2D eigenvalue weighted by molar-refractivity contribution is 0.0791. The molecule has 1 atom stereocenters. The number of carbonyl (C=O) groups is 1. The first-order valence-electron chi connectivity index (χ1n) is 10.8. The molecule has 0 aliphatic carbocycles. The van der Waals surface area contributed by atoms with Crippen LogP contribution in [-0.2, 0) is 6.54 Å². The molecule has 0 bridgehead atoms. The Labute approximate surface area is 176 Å². The summed E-state index contributed by atoms with van der Waals surface area (Å²) in [5, 5.41) is 8.91. The summed E-state index contributed by atoms with van der Waals surface area (Å²) >= 11 is 0. The van der Waals surface area contributed by atoms with E-state index in [0.717, 1.165) is 63.6 Å². The molecule has 0 spiro atoms.